The number of fused-ring (bicyclic) bond motifs is 1. The average molecular weight is 290 g/mol. The topological polar surface area (TPSA) is 42.4 Å². The number of amides is 1. The third kappa shape index (κ3) is 2.55. The summed E-state index contributed by atoms with van der Waals surface area (Å²) < 4.78 is 6.75. The normalized spacial score (nSPS) is 23.2. The molecule has 0 saturated carbocycles. The number of benzene rings is 1. The van der Waals surface area contributed by atoms with Gasteiger partial charge in [0, 0.05) is 18.7 Å². The van der Waals surface area contributed by atoms with E-state index < -0.39 is 0 Å². The van der Waals surface area contributed by atoms with Crippen LogP contribution in [0.15, 0.2) is 18.2 Å². The van der Waals surface area contributed by atoms with E-state index in [-0.39, 0.29) is 18.1 Å². The third-order valence-corrected chi connectivity index (χ3v) is 4.38. The SMILES string of the molecule is Cc1nc2ccc(C(=O)N3CC(C)OC(C)C3)cc2s1. The van der Waals surface area contributed by atoms with Gasteiger partial charge in [-0.05, 0) is 39.0 Å². The van der Waals surface area contributed by atoms with Gasteiger partial charge in [-0.3, -0.25) is 4.79 Å². The molecule has 2 atom stereocenters. The van der Waals surface area contributed by atoms with E-state index in [1.165, 1.54) is 0 Å². The highest BCUT2D eigenvalue weighted by atomic mass is 32.1. The Morgan fingerprint density at radius 3 is 2.75 bits per heavy atom. The highest BCUT2D eigenvalue weighted by molar-refractivity contribution is 7.18. The van der Waals surface area contributed by atoms with Gasteiger partial charge in [-0.1, -0.05) is 0 Å². The molecule has 2 heterocycles. The number of thiazole rings is 1. The Bertz CT molecular complexity index is 642. The number of aryl methyl sites for hydroxylation is 1. The fourth-order valence-corrected chi connectivity index (χ4v) is 3.57. The zero-order chi connectivity index (χ0) is 14.3. The van der Waals surface area contributed by atoms with Crippen molar-refractivity contribution in [2.24, 2.45) is 0 Å². The summed E-state index contributed by atoms with van der Waals surface area (Å²) in [6, 6.07) is 5.75. The second-order valence-corrected chi connectivity index (χ2v) is 6.62. The molecule has 0 radical (unpaired) electrons. The molecule has 1 aromatic heterocycles. The highest BCUT2D eigenvalue weighted by Gasteiger charge is 2.26. The minimum Gasteiger partial charge on any atom is -0.372 e. The summed E-state index contributed by atoms with van der Waals surface area (Å²) in [6.07, 6.45) is 0.189. The number of hydrogen-bond donors (Lipinski definition) is 0. The van der Waals surface area contributed by atoms with E-state index in [0.29, 0.717) is 13.1 Å². The number of carbonyl (C=O) groups is 1. The molecule has 1 saturated heterocycles. The van der Waals surface area contributed by atoms with Gasteiger partial charge in [0.25, 0.3) is 5.91 Å². The fraction of sp³-hybridized carbons (Fsp3) is 0.467. The van der Waals surface area contributed by atoms with Gasteiger partial charge in [0.1, 0.15) is 0 Å². The lowest BCUT2D eigenvalue weighted by Crippen LogP contribution is -2.48. The van der Waals surface area contributed by atoms with E-state index in [2.05, 4.69) is 4.98 Å². The largest absolute Gasteiger partial charge is 0.372 e. The molecule has 20 heavy (non-hydrogen) atoms. The van der Waals surface area contributed by atoms with Crippen molar-refractivity contribution in [1.29, 1.82) is 0 Å². The second-order valence-electron chi connectivity index (χ2n) is 5.38. The number of rotatable bonds is 1. The van der Waals surface area contributed by atoms with E-state index in [1.54, 1.807) is 11.3 Å². The summed E-state index contributed by atoms with van der Waals surface area (Å²) in [5.41, 5.74) is 1.70. The van der Waals surface area contributed by atoms with Crippen LogP contribution in [0, 0.1) is 6.92 Å². The number of morpholine rings is 1. The minimum absolute atomic E-state index is 0.0833. The maximum Gasteiger partial charge on any atom is 0.254 e. The van der Waals surface area contributed by atoms with Crippen molar-refractivity contribution in [3.63, 3.8) is 0 Å². The molecule has 0 spiro atoms. The highest BCUT2D eigenvalue weighted by Crippen LogP contribution is 2.24. The molecule has 0 aliphatic carbocycles. The van der Waals surface area contributed by atoms with Crippen molar-refractivity contribution in [1.82, 2.24) is 9.88 Å². The van der Waals surface area contributed by atoms with E-state index >= 15 is 0 Å². The van der Waals surface area contributed by atoms with Crippen LogP contribution in [0.3, 0.4) is 0 Å². The standard InChI is InChI=1S/C15H18N2O2S/c1-9-7-17(8-10(2)19-9)15(18)12-4-5-13-14(6-12)20-11(3)16-13/h4-6,9-10H,7-8H2,1-3H3. The van der Waals surface area contributed by atoms with Gasteiger partial charge in [0.05, 0.1) is 27.4 Å². The number of ether oxygens (including phenoxy) is 1. The average Bonchev–Trinajstić information content (AvgIpc) is 2.75. The van der Waals surface area contributed by atoms with Crippen LogP contribution in [0.4, 0.5) is 0 Å². The van der Waals surface area contributed by atoms with Gasteiger partial charge >= 0.3 is 0 Å². The second kappa shape index (κ2) is 5.14. The van der Waals surface area contributed by atoms with Gasteiger partial charge < -0.3 is 9.64 Å². The molecular weight excluding hydrogens is 272 g/mol. The fourth-order valence-electron chi connectivity index (χ4n) is 2.70. The summed E-state index contributed by atoms with van der Waals surface area (Å²) in [5.74, 6) is 0.0833. The number of hydrogen-bond acceptors (Lipinski definition) is 4. The van der Waals surface area contributed by atoms with Gasteiger partial charge in [-0.2, -0.15) is 0 Å². The molecule has 1 fully saturated rings. The molecule has 4 nitrogen and oxygen atoms in total. The maximum atomic E-state index is 12.6. The van der Waals surface area contributed by atoms with Crippen LogP contribution in [0.2, 0.25) is 0 Å². The molecule has 0 bridgehead atoms. The Labute approximate surface area is 122 Å². The van der Waals surface area contributed by atoms with Crippen LogP contribution in [0.5, 0.6) is 0 Å². The van der Waals surface area contributed by atoms with Crippen LogP contribution in [0.25, 0.3) is 10.2 Å². The van der Waals surface area contributed by atoms with Crippen molar-refractivity contribution in [3.8, 4) is 0 Å². The van der Waals surface area contributed by atoms with E-state index in [9.17, 15) is 4.79 Å². The Morgan fingerprint density at radius 2 is 2.05 bits per heavy atom. The first kappa shape index (κ1) is 13.5. The quantitative estimate of drug-likeness (QED) is 0.811. The zero-order valence-corrected chi connectivity index (χ0v) is 12.7. The van der Waals surface area contributed by atoms with Crippen molar-refractivity contribution in [2.75, 3.05) is 13.1 Å². The summed E-state index contributed by atoms with van der Waals surface area (Å²) in [4.78, 5) is 18.9. The van der Waals surface area contributed by atoms with Crippen molar-refractivity contribution in [2.45, 2.75) is 33.0 Å². The van der Waals surface area contributed by atoms with Gasteiger partial charge in [0.2, 0.25) is 0 Å². The Hall–Kier alpha value is -1.46. The molecule has 1 aromatic carbocycles. The van der Waals surface area contributed by atoms with Gasteiger partial charge in [-0.15, -0.1) is 11.3 Å². The van der Waals surface area contributed by atoms with Crippen LogP contribution in [0.1, 0.15) is 29.2 Å². The number of aromatic nitrogens is 1. The maximum absolute atomic E-state index is 12.6. The first-order chi connectivity index (χ1) is 9.52. The molecule has 1 amide bonds. The van der Waals surface area contributed by atoms with E-state index in [0.717, 1.165) is 20.8 Å². The molecule has 5 heteroatoms. The first-order valence-corrected chi connectivity index (χ1v) is 7.66. The lowest BCUT2D eigenvalue weighted by atomic mass is 10.1. The Morgan fingerprint density at radius 1 is 1.35 bits per heavy atom. The van der Waals surface area contributed by atoms with Gasteiger partial charge in [0.15, 0.2) is 0 Å². The lowest BCUT2D eigenvalue weighted by Gasteiger charge is -2.35. The molecule has 106 valence electrons. The molecule has 2 aromatic rings. The number of carbonyl (C=O) groups excluding carboxylic acids is 1. The van der Waals surface area contributed by atoms with Crippen molar-refractivity contribution >= 4 is 27.5 Å². The molecule has 1 aliphatic heterocycles. The van der Waals surface area contributed by atoms with Gasteiger partial charge in [-0.25, -0.2) is 4.98 Å². The monoisotopic (exact) mass is 290 g/mol. The molecule has 3 rings (SSSR count). The molecular formula is C15H18N2O2S. The summed E-state index contributed by atoms with van der Waals surface area (Å²) in [5, 5.41) is 1.03. The minimum atomic E-state index is 0.0833. The zero-order valence-electron chi connectivity index (χ0n) is 11.9. The predicted octanol–water partition coefficient (Wildman–Crippen LogP) is 2.85. The predicted molar refractivity (Wildman–Crippen MR) is 80.3 cm³/mol. The summed E-state index contributed by atoms with van der Waals surface area (Å²) >= 11 is 1.62. The summed E-state index contributed by atoms with van der Waals surface area (Å²) in [7, 11) is 0. The Kier molecular flexibility index (Phi) is 3.48. The van der Waals surface area contributed by atoms with Crippen LogP contribution in [-0.4, -0.2) is 41.1 Å². The van der Waals surface area contributed by atoms with Crippen LogP contribution < -0.4 is 0 Å². The summed E-state index contributed by atoms with van der Waals surface area (Å²) in [6.45, 7) is 7.31. The first-order valence-electron chi connectivity index (χ1n) is 6.85. The van der Waals surface area contributed by atoms with E-state index in [1.807, 2.05) is 43.9 Å². The van der Waals surface area contributed by atoms with Crippen molar-refractivity contribution < 1.29 is 9.53 Å². The van der Waals surface area contributed by atoms with E-state index in [4.69, 9.17) is 4.74 Å². The smallest absolute Gasteiger partial charge is 0.254 e. The molecule has 2 unspecified atom stereocenters. The van der Waals surface area contributed by atoms with Crippen LogP contribution >= 0.6 is 11.3 Å². The molecule has 1 aliphatic rings. The van der Waals surface area contributed by atoms with Crippen molar-refractivity contribution in [3.05, 3.63) is 28.8 Å². The Balaban J connectivity index is 1.87. The number of nitrogens with zero attached hydrogens (tertiary/aromatic N) is 2. The third-order valence-electron chi connectivity index (χ3n) is 3.45. The molecule has 0 N–H and O–H groups in total. The lowest BCUT2D eigenvalue weighted by molar-refractivity contribution is -0.0586. The van der Waals surface area contributed by atoms with Crippen LogP contribution in [-0.2, 0) is 4.74 Å².